The maximum atomic E-state index is 12.6. The molecule has 0 spiro atoms. The molecule has 120 valence electrons. The third-order valence-electron chi connectivity index (χ3n) is 5.27. The van der Waals surface area contributed by atoms with Crippen LogP contribution in [0.3, 0.4) is 0 Å². The highest BCUT2D eigenvalue weighted by molar-refractivity contribution is 5.75. The van der Waals surface area contributed by atoms with Gasteiger partial charge in [0, 0.05) is 32.1 Å². The van der Waals surface area contributed by atoms with Crippen molar-refractivity contribution in [1.82, 2.24) is 9.80 Å². The molecule has 0 aliphatic carbocycles. The number of carbonyl (C=O) groups excluding carboxylic acids is 1. The Hall–Kier alpha value is -1.26. The Bertz CT molecular complexity index is 378. The highest BCUT2D eigenvalue weighted by atomic mass is 16.4. The number of piperidine rings is 2. The average Bonchev–Trinajstić information content (AvgIpc) is 2.48. The number of carbonyl (C=O) groups is 2. The Balaban J connectivity index is 1.81. The second kappa shape index (κ2) is 7.14. The minimum Gasteiger partial charge on any atom is -0.481 e. The van der Waals surface area contributed by atoms with E-state index < -0.39 is 5.97 Å². The number of hydrogen-bond donors (Lipinski definition) is 1. The first kappa shape index (κ1) is 16.1. The molecule has 2 aliphatic heterocycles. The van der Waals surface area contributed by atoms with Gasteiger partial charge in [0.15, 0.2) is 0 Å². The molecular weight excluding hydrogens is 268 g/mol. The smallest absolute Gasteiger partial charge is 0.320 e. The molecule has 5 heteroatoms. The molecule has 5 nitrogen and oxygen atoms in total. The molecule has 1 N–H and O–H groups in total. The molecule has 0 aromatic carbocycles. The van der Waals surface area contributed by atoms with E-state index in [4.69, 9.17) is 5.11 Å². The van der Waals surface area contributed by atoms with E-state index in [2.05, 4.69) is 13.8 Å². The van der Waals surface area contributed by atoms with E-state index in [0.29, 0.717) is 17.9 Å². The van der Waals surface area contributed by atoms with Crippen LogP contribution in [0.5, 0.6) is 0 Å². The fourth-order valence-corrected chi connectivity index (χ4v) is 3.53. The minimum absolute atomic E-state index is 0.186. The van der Waals surface area contributed by atoms with Gasteiger partial charge < -0.3 is 14.9 Å². The van der Waals surface area contributed by atoms with Crippen molar-refractivity contribution in [3.63, 3.8) is 0 Å². The fourth-order valence-electron chi connectivity index (χ4n) is 3.53. The number of urea groups is 1. The zero-order valence-corrected chi connectivity index (χ0v) is 13.3. The van der Waals surface area contributed by atoms with Crippen molar-refractivity contribution in [2.45, 2.75) is 58.4 Å². The van der Waals surface area contributed by atoms with E-state index in [1.807, 2.05) is 9.80 Å². The Labute approximate surface area is 127 Å². The third kappa shape index (κ3) is 4.11. The molecule has 2 atom stereocenters. The zero-order valence-electron chi connectivity index (χ0n) is 13.3. The van der Waals surface area contributed by atoms with Crippen molar-refractivity contribution in [3.05, 3.63) is 0 Å². The maximum Gasteiger partial charge on any atom is 0.320 e. The summed E-state index contributed by atoms with van der Waals surface area (Å²) in [5.74, 6) is 0.322. The van der Waals surface area contributed by atoms with E-state index in [1.165, 1.54) is 6.42 Å². The van der Waals surface area contributed by atoms with Gasteiger partial charge in [0.1, 0.15) is 0 Å². The fraction of sp³-hybridized carbons (Fsp3) is 0.875. The number of carboxylic acids is 1. The lowest BCUT2D eigenvalue weighted by atomic mass is 9.91. The van der Waals surface area contributed by atoms with Gasteiger partial charge in [0.25, 0.3) is 0 Å². The van der Waals surface area contributed by atoms with Gasteiger partial charge in [-0.2, -0.15) is 0 Å². The topological polar surface area (TPSA) is 60.9 Å². The summed E-state index contributed by atoms with van der Waals surface area (Å²) in [6.07, 6.45) is 5.19. The van der Waals surface area contributed by atoms with Crippen molar-refractivity contribution < 1.29 is 14.7 Å². The lowest BCUT2D eigenvalue weighted by Crippen LogP contribution is -2.53. The number of likely N-dealkylation sites (tertiary alicyclic amines) is 2. The maximum absolute atomic E-state index is 12.6. The summed E-state index contributed by atoms with van der Waals surface area (Å²) in [6.45, 7) is 6.81. The molecule has 21 heavy (non-hydrogen) atoms. The van der Waals surface area contributed by atoms with E-state index in [0.717, 1.165) is 45.3 Å². The van der Waals surface area contributed by atoms with Crippen LogP contribution in [0.4, 0.5) is 4.79 Å². The molecule has 2 unspecified atom stereocenters. The molecule has 2 fully saturated rings. The lowest BCUT2D eigenvalue weighted by Gasteiger charge is -2.42. The predicted octanol–water partition coefficient (Wildman–Crippen LogP) is 2.80. The molecule has 0 saturated carbocycles. The van der Waals surface area contributed by atoms with Gasteiger partial charge in [-0.05, 0) is 50.9 Å². The lowest BCUT2D eigenvalue weighted by molar-refractivity contribution is -0.137. The van der Waals surface area contributed by atoms with Crippen LogP contribution >= 0.6 is 0 Å². The van der Waals surface area contributed by atoms with Crippen molar-refractivity contribution in [2.24, 2.45) is 11.8 Å². The van der Waals surface area contributed by atoms with Gasteiger partial charge in [0.2, 0.25) is 0 Å². The van der Waals surface area contributed by atoms with E-state index in [1.54, 1.807) is 0 Å². The third-order valence-corrected chi connectivity index (χ3v) is 5.27. The minimum atomic E-state index is -0.718. The summed E-state index contributed by atoms with van der Waals surface area (Å²) < 4.78 is 0. The predicted molar refractivity (Wildman–Crippen MR) is 81.1 cm³/mol. The molecule has 2 aliphatic rings. The Kier molecular flexibility index (Phi) is 5.48. The molecule has 0 bridgehead atoms. The average molecular weight is 296 g/mol. The van der Waals surface area contributed by atoms with Crippen LogP contribution in [0.2, 0.25) is 0 Å². The molecule has 2 heterocycles. The first-order valence-electron chi connectivity index (χ1n) is 8.26. The molecule has 0 aromatic heterocycles. The van der Waals surface area contributed by atoms with Gasteiger partial charge in [0.05, 0.1) is 0 Å². The summed E-state index contributed by atoms with van der Waals surface area (Å²) >= 11 is 0. The van der Waals surface area contributed by atoms with E-state index >= 15 is 0 Å². The van der Waals surface area contributed by atoms with Crippen LogP contribution in [0.15, 0.2) is 0 Å². The molecule has 2 amide bonds. The molecule has 0 aromatic rings. The van der Waals surface area contributed by atoms with Crippen molar-refractivity contribution in [3.8, 4) is 0 Å². The quantitative estimate of drug-likeness (QED) is 0.871. The van der Waals surface area contributed by atoms with Gasteiger partial charge in [-0.1, -0.05) is 6.92 Å². The second-order valence-corrected chi connectivity index (χ2v) is 6.70. The normalized spacial score (nSPS) is 27.7. The second-order valence-electron chi connectivity index (χ2n) is 6.70. The standard InChI is InChI=1S/C16H28N2O3/c1-12-4-3-9-18(13(12)2)16(21)17-10-7-14(8-11-17)5-6-15(19)20/h12-14H,3-11H2,1-2H3,(H,19,20). The zero-order chi connectivity index (χ0) is 15.4. The van der Waals surface area contributed by atoms with Gasteiger partial charge in [-0.15, -0.1) is 0 Å². The summed E-state index contributed by atoms with van der Waals surface area (Å²) in [5.41, 5.74) is 0. The van der Waals surface area contributed by atoms with Gasteiger partial charge in [-0.25, -0.2) is 4.79 Å². The Morgan fingerprint density at radius 2 is 1.76 bits per heavy atom. The first-order valence-corrected chi connectivity index (χ1v) is 8.26. The monoisotopic (exact) mass is 296 g/mol. The molecule has 2 rings (SSSR count). The van der Waals surface area contributed by atoms with Crippen LogP contribution in [0.1, 0.15) is 52.4 Å². The summed E-state index contributed by atoms with van der Waals surface area (Å²) in [7, 11) is 0. The number of rotatable bonds is 3. The van der Waals surface area contributed by atoms with E-state index in [9.17, 15) is 9.59 Å². The van der Waals surface area contributed by atoms with Crippen LogP contribution in [0, 0.1) is 11.8 Å². The summed E-state index contributed by atoms with van der Waals surface area (Å²) in [6, 6.07) is 0.515. The van der Waals surface area contributed by atoms with Crippen molar-refractivity contribution in [2.75, 3.05) is 19.6 Å². The van der Waals surface area contributed by atoms with Crippen molar-refractivity contribution >= 4 is 12.0 Å². The Morgan fingerprint density at radius 1 is 1.10 bits per heavy atom. The summed E-state index contributed by atoms with van der Waals surface area (Å²) in [4.78, 5) is 27.3. The number of nitrogens with zero attached hydrogens (tertiary/aromatic N) is 2. The first-order chi connectivity index (χ1) is 9.99. The number of amides is 2. The molecular formula is C16H28N2O3. The van der Waals surface area contributed by atoms with Gasteiger partial charge in [-0.3, -0.25) is 4.79 Å². The van der Waals surface area contributed by atoms with Gasteiger partial charge >= 0.3 is 12.0 Å². The highest BCUT2D eigenvalue weighted by Gasteiger charge is 2.32. The highest BCUT2D eigenvalue weighted by Crippen LogP contribution is 2.27. The number of hydrogen-bond acceptors (Lipinski definition) is 2. The largest absolute Gasteiger partial charge is 0.481 e. The van der Waals surface area contributed by atoms with Crippen LogP contribution < -0.4 is 0 Å². The van der Waals surface area contributed by atoms with Crippen LogP contribution in [-0.4, -0.2) is 52.6 Å². The molecule has 2 saturated heterocycles. The van der Waals surface area contributed by atoms with Crippen molar-refractivity contribution in [1.29, 1.82) is 0 Å². The van der Waals surface area contributed by atoms with Crippen LogP contribution in [-0.2, 0) is 4.79 Å². The number of aliphatic carboxylic acids is 1. The molecule has 0 radical (unpaired) electrons. The Morgan fingerprint density at radius 3 is 2.38 bits per heavy atom. The van der Waals surface area contributed by atoms with E-state index in [-0.39, 0.29) is 12.5 Å². The van der Waals surface area contributed by atoms with Crippen LogP contribution in [0.25, 0.3) is 0 Å². The SMILES string of the molecule is CC1CCCN(C(=O)N2CCC(CCC(=O)O)CC2)C1C. The number of carboxylic acid groups (broad SMARTS) is 1. The summed E-state index contributed by atoms with van der Waals surface area (Å²) in [5, 5.41) is 8.74.